The van der Waals surface area contributed by atoms with Gasteiger partial charge in [0.15, 0.2) is 5.60 Å². The van der Waals surface area contributed by atoms with E-state index < -0.39 is 17.9 Å². The second-order valence-corrected chi connectivity index (χ2v) is 2.62. The van der Waals surface area contributed by atoms with E-state index in [1.807, 2.05) is 0 Å². The lowest BCUT2D eigenvalue weighted by Crippen LogP contribution is -2.31. The fourth-order valence-corrected chi connectivity index (χ4v) is 0.984. The van der Waals surface area contributed by atoms with Crippen LogP contribution in [0.15, 0.2) is 0 Å². The van der Waals surface area contributed by atoms with Gasteiger partial charge in [0.05, 0.1) is 6.10 Å². The summed E-state index contributed by atoms with van der Waals surface area (Å²) in [6.07, 6.45) is -4.39. The third kappa shape index (κ3) is 0.905. The minimum Gasteiger partial charge on any atom is -0.356 e. The van der Waals surface area contributed by atoms with E-state index in [-0.39, 0.29) is 0 Å². The van der Waals surface area contributed by atoms with E-state index in [4.69, 9.17) is 0 Å². The molecule has 0 bridgehead atoms. The largest absolute Gasteiger partial charge is 0.419 e. The summed E-state index contributed by atoms with van der Waals surface area (Å²) >= 11 is 0. The van der Waals surface area contributed by atoms with Gasteiger partial charge in [0, 0.05) is 0 Å². The van der Waals surface area contributed by atoms with Crippen molar-refractivity contribution in [3.05, 3.63) is 0 Å². The van der Waals surface area contributed by atoms with Crippen molar-refractivity contribution in [2.24, 2.45) is 0 Å². The van der Waals surface area contributed by atoms with E-state index in [0.29, 0.717) is 6.42 Å². The van der Waals surface area contributed by atoms with E-state index in [9.17, 15) is 13.2 Å². The van der Waals surface area contributed by atoms with E-state index in [0.717, 1.165) is 6.92 Å². The maximum absolute atomic E-state index is 11.9. The minimum atomic E-state index is -4.20. The molecule has 0 aromatic rings. The van der Waals surface area contributed by atoms with E-state index in [2.05, 4.69) is 4.74 Å². The molecule has 2 atom stereocenters. The lowest BCUT2D eigenvalue weighted by molar-refractivity contribution is -0.178. The standard InChI is InChI=1S/C6H9F3O/c1-3-4-5(2,10-4)6(7,8)9/h4H,3H2,1-2H3. The molecule has 0 amide bonds. The van der Waals surface area contributed by atoms with Crippen molar-refractivity contribution in [2.45, 2.75) is 38.1 Å². The molecular weight excluding hydrogens is 145 g/mol. The van der Waals surface area contributed by atoms with Gasteiger partial charge in [0.2, 0.25) is 0 Å². The van der Waals surface area contributed by atoms with Crippen molar-refractivity contribution in [3.8, 4) is 0 Å². The molecule has 0 spiro atoms. The summed E-state index contributed by atoms with van der Waals surface area (Å²) in [7, 11) is 0. The van der Waals surface area contributed by atoms with Crippen LogP contribution in [-0.4, -0.2) is 17.9 Å². The molecule has 1 aliphatic heterocycles. The maximum Gasteiger partial charge on any atom is 0.419 e. The van der Waals surface area contributed by atoms with Gasteiger partial charge in [-0.1, -0.05) is 6.92 Å². The molecule has 0 aliphatic carbocycles. The molecule has 4 heteroatoms. The normalized spacial score (nSPS) is 39.9. The monoisotopic (exact) mass is 154 g/mol. The van der Waals surface area contributed by atoms with Gasteiger partial charge in [0.1, 0.15) is 0 Å². The third-order valence-corrected chi connectivity index (χ3v) is 1.88. The zero-order valence-corrected chi connectivity index (χ0v) is 5.83. The highest BCUT2D eigenvalue weighted by molar-refractivity contribution is 5.03. The van der Waals surface area contributed by atoms with E-state index >= 15 is 0 Å². The van der Waals surface area contributed by atoms with Crippen LogP contribution in [0.2, 0.25) is 0 Å². The predicted octanol–water partition coefficient (Wildman–Crippen LogP) is 2.12. The lowest BCUT2D eigenvalue weighted by Gasteiger charge is -2.09. The molecular formula is C6H9F3O. The quantitative estimate of drug-likeness (QED) is 0.527. The predicted molar refractivity (Wildman–Crippen MR) is 29.6 cm³/mol. The Morgan fingerprint density at radius 2 is 2.00 bits per heavy atom. The fraction of sp³-hybridized carbons (Fsp3) is 1.00. The van der Waals surface area contributed by atoms with Gasteiger partial charge in [-0.2, -0.15) is 13.2 Å². The molecule has 0 saturated carbocycles. The number of epoxide rings is 1. The fourth-order valence-electron chi connectivity index (χ4n) is 0.984. The Kier molecular flexibility index (Phi) is 1.47. The van der Waals surface area contributed by atoms with Crippen molar-refractivity contribution >= 4 is 0 Å². The topological polar surface area (TPSA) is 12.5 Å². The van der Waals surface area contributed by atoms with Gasteiger partial charge in [-0.25, -0.2) is 0 Å². The van der Waals surface area contributed by atoms with E-state index in [1.54, 1.807) is 6.92 Å². The van der Waals surface area contributed by atoms with Gasteiger partial charge < -0.3 is 4.74 Å². The highest BCUT2D eigenvalue weighted by Gasteiger charge is 2.68. The number of hydrogen-bond acceptors (Lipinski definition) is 1. The highest BCUT2D eigenvalue weighted by Crippen LogP contribution is 2.50. The van der Waals surface area contributed by atoms with Gasteiger partial charge in [-0.05, 0) is 13.3 Å². The summed E-state index contributed by atoms with van der Waals surface area (Å²) in [5.74, 6) is 0. The molecule has 2 unspecified atom stereocenters. The van der Waals surface area contributed by atoms with Crippen molar-refractivity contribution < 1.29 is 17.9 Å². The summed E-state index contributed by atoms with van der Waals surface area (Å²) in [5.41, 5.74) is -1.85. The van der Waals surface area contributed by atoms with Crippen molar-refractivity contribution in [1.29, 1.82) is 0 Å². The minimum absolute atomic E-state index is 0.427. The SMILES string of the molecule is CCC1OC1(C)C(F)(F)F. The third-order valence-electron chi connectivity index (χ3n) is 1.88. The maximum atomic E-state index is 11.9. The number of hydrogen-bond donors (Lipinski definition) is 0. The Hall–Kier alpha value is -0.250. The van der Waals surface area contributed by atoms with Crippen LogP contribution in [-0.2, 0) is 4.74 Å². The second-order valence-electron chi connectivity index (χ2n) is 2.62. The molecule has 10 heavy (non-hydrogen) atoms. The Morgan fingerprint density at radius 1 is 1.50 bits per heavy atom. The first-order valence-corrected chi connectivity index (χ1v) is 3.16. The Bertz CT molecular complexity index is 142. The van der Waals surface area contributed by atoms with Gasteiger partial charge >= 0.3 is 6.18 Å². The average molecular weight is 154 g/mol. The molecule has 1 aliphatic rings. The van der Waals surface area contributed by atoms with Crippen LogP contribution < -0.4 is 0 Å². The summed E-state index contributed by atoms with van der Waals surface area (Å²) in [6, 6.07) is 0. The zero-order chi connectivity index (χ0) is 7.99. The van der Waals surface area contributed by atoms with Gasteiger partial charge in [-0.15, -0.1) is 0 Å². The second kappa shape index (κ2) is 1.87. The zero-order valence-electron chi connectivity index (χ0n) is 5.83. The van der Waals surface area contributed by atoms with Crippen molar-refractivity contribution in [1.82, 2.24) is 0 Å². The summed E-state index contributed by atoms with van der Waals surface area (Å²) < 4.78 is 40.3. The molecule has 0 N–H and O–H groups in total. The van der Waals surface area contributed by atoms with Crippen LogP contribution in [0.4, 0.5) is 13.2 Å². The summed E-state index contributed by atoms with van der Waals surface area (Å²) in [5, 5.41) is 0. The Labute approximate surface area is 57.2 Å². The Morgan fingerprint density at radius 3 is 2.10 bits per heavy atom. The lowest BCUT2D eigenvalue weighted by atomic mass is 10.1. The van der Waals surface area contributed by atoms with Crippen LogP contribution in [0, 0.1) is 0 Å². The Balaban J connectivity index is 2.59. The molecule has 60 valence electrons. The highest BCUT2D eigenvalue weighted by atomic mass is 19.4. The number of alkyl halides is 3. The number of rotatable bonds is 1. The number of halogens is 3. The van der Waals surface area contributed by atoms with Crippen molar-refractivity contribution in [3.63, 3.8) is 0 Å². The molecule has 1 heterocycles. The van der Waals surface area contributed by atoms with Crippen LogP contribution in [0.25, 0.3) is 0 Å². The summed E-state index contributed by atoms with van der Waals surface area (Å²) in [4.78, 5) is 0. The van der Waals surface area contributed by atoms with Crippen LogP contribution >= 0.6 is 0 Å². The van der Waals surface area contributed by atoms with Gasteiger partial charge in [0.25, 0.3) is 0 Å². The molecule has 1 fully saturated rings. The molecule has 1 nitrogen and oxygen atoms in total. The van der Waals surface area contributed by atoms with Gasteiger partial charge in [-0.3, -0.25) is 0 Å². The smallest absolute Gasteiger partial charge is 0.356 e. The van der Waals surface area contributed by atoms with Crippen LogP contribution in [0.3, 0.4) is 0 Å². The first kappa shape index (κ1) is 7.85. The average Bonchev–Trinajstić information content (AvgIpc) is 2.41. The van der Waals surface area contributed by atoms with E-state index in [1.165, 1.54) is 0 Å². The van der Waals surface area contributed by atoms with Crippen LogP contribution in [0.1, 0.15) is 20.3 Å². The first-order chi connectivity index (χ1) is 4.42. The molecule has 1 saturated heterocycles. The molecule has 1 rings (SSSR count). The molecule has 0 aromatic heterocycles. The first-order valence-electron chi connectivity index (χ1n) is 3.16. The summed E-state index contributed by atoms with van der Waals surface area (Å²) in [6.45, 7) is 2.77. The van der Waals surface area contributed by atoms with Crippen LogP contribution in [0.5, 0.6) is 0 Å². The molecule has 0 radical (unpaired) electrons. The number of ether oxygens (including phenoxy) is 1. The molecule has 0 aromatic carbocycles. The van der Waals surface area contributed by atoms with Crippen molar-refractivity contribution in [2.75, 3.05) is 0 Å².